The molecular weight excluding hydrogens is 186 g/mol. The molecule has 0 aliphatic carbocycles. The quantitative estimate of drug-likeness (QED) is 0.630. The second-order valence-electron chi connectivity index (χ2n) is 3.09. The zero-order valence-corrected chi connectivity index (χ0v) is 7.65. The Labute approximate surface area is 75.3 Å². The highest BCUT2D eigenvalue weighted by molar-refractivity contribution is 4.71. The van der Waals surface area contributed by atoms with Gasteiger partial charge in [0.25, 0.3) is 0 Å². The summed E-state index contributed by atoms with van der Waals surface area (Å²) in [6, 6.07) is 0. The lowest BCUT2D eigenvalue weighted by molar-refractivity contribution is -0.381. The molecule has 3 N–H and O–H groups in total. The third kappa shape index (κ3) is 5.08. The molecule has 0 aromatic heterocycles. The van der Waals surface area contributed by atoms with Gasteiger partial charge < -0.3 is 5.73 Å². The van der Waals surface area contributed by atoms with Crippen LogP contribution in [0.3, 0.4) is 0 Å². The summed E-state index contributed by atoms with van der Waals surface area (Å²) in [4.78, 5) is 0. The monoisotopic (exact) mass is 202 g/mol. The molecular formula is C8H16F4N+. The molecule has 0 saturated heterocycles. The van der Waals surface area contributed by atoms with Crippen molar-refractivity contribution in [3.63, 3.8) is 0 Å². The lowest BCUT2D eigenvalue weighted by atomic mass is 10.1. The number of halogens is 4. The first kappa shape index (κ1) is 12.7. The van der Waals surface area contributed by atoms with Crippen molar-refractivity contribution >= 4 is 0 Å². The van der Waals surface area contributed by atoms with Crippen LogP contribution in [-0.2, 0) is 0 Å². The second kappa shape index (κ2) is 6.18. The van der Waals surface area contributed by atoms with Crippen LogP contribution >= 0.6 is 0 Å². The summed E-state index contributed by atoms with van der Waals surface area (Å²) >= 11 is 0. The van der Waals surface area contributed by atoms with E-state index in [1.807, 2.05) is 0 Å². The molecule has 0 rings (SSSR count). The van der Waals surface area contributed by atoms with Gasteiger partial charge in [-0.15, -0.1) is 0 Å². The molecule has 0 fully saturated rings. The van der Waals surface area contributed by atoms with E-state index >= 15 is 0 Å². The summed E-state index contributed by atoms with van der Waals surface area (Å²) in [7, 11) is 0. The van der Waals surface area contributed by atoms with Crippen LogP contribution in [-0.4, -0.2) is 31.2 Å². The highest BCUT2D eigenvalue weighted by Crippen LogP contribution is 2.16. The maximum absolute atomic E-state index is 12.7. The van der Waals surface area contributed by atoms with E-state index in [0.29, 0.717) is 0 Å². The third-order valence-electron chi connectivity index (χ3n) is 1.88. The maximum atomic E-state index is 12.7. The SMILES string of the molecule is CC(F)C(F)CCC(F)C(F)C[NH3+]. The lowest BCUT2D eigenvalue weighted by Crippen LogP contribution is -2.56. The van der Waals surface area contributed by atoms with E-state index in [2.05, 4.69) is 5.73 Å². The van der Waals surface area contributed by atoms with Gasteiger partial charge in [-0.3, -0.25) is 0 Å². The molecule has 80 valence electrons. The Bertz CT molecular complexity index is 131. The Morgan fingerprint density at radius 2 is 1.38 bits per heavy atom. The summed E-state index contributed by atoms with van der Waals surface area (Å²) in [6.07, 6.45) is -7.28. The molecule has 13 heavy (non-hydrogen) atoms. The fourth-order valence-electron chi connectivity index (χ4n) is 0.910. The van der Waals surface area contributed by atoms with Gasteiger partial charge in [0, 0.05) is 0 Å². The number of hydrogen-bond donors (Lipinski definition) is 1. The molecule has 4 atom stereocenters. The van der Waals surface area contributed by atoms with Crippen LogP contribution in [0.25, 0.3) is 0 Å². The van der Waals surface area contributed by atoms with E-state index in [1.165, 1.54) is 0 Å². The first-order chi connectivity index (χ1) is 5.99. The van der Waals surface area contributed by atoms with Crippen molar-refractivity contribution in [3.05, 3.63) is 0 Å². The van der Waals surface area contributed by atoms with Gasteiger partial charge in [-0.25, -0.2) is 17.6 Å². The number of hydrogen-bond acceptors (Lipinski definition) is 0. The Morgan fingerprint density at radius 1 is 0.923 bits per heavy atom. The smallest absolute Gasteiger partial charge is 0.179 e. The third-order valence-corrected chi connectivity index (χ3v) is 1.88. The van der Waals surface area contributed by atoms with E-state index in [0.717, 1.165) is 6.92 Å². The second-order valence-corrected chi connectivity index (χ2v) is 3.09. The predicted molar refractivity (Wildman–Crippen MR) is 42.2 cm³/mol. The largest absolute Gasteiger partial charge is 0.355 e. The molecule has 0 spiro atoms. The van der Waals surface area contributed by atoms with Crippen molar-refractivity contribution in [3.8, 4) is 0 Å². The van der Waals surface area contributed by atoms with E-state index in [-0.39, 0.29) is 19.4 Å². The molecule has 0 aliphatic heterocycles. The number of rotatable bonds is 6. The summed E-state index contributed by atoms with van der Waals surface area (Å²) in [5, 5.41) is 0. The number of quaternary nitrogens is 1. The first-order valence-corrected chi connectivity index (χ1v) is 4.34. The summed E-state index contributed by atoms with van der Waals surface area (Å²) in [6.45, 7) is 0.884. The van der Waals surface area contributed by atoms with Gasteiger partial charge >= 0.3 is 0 Å². The van der Waals surface area contributed by atoms with Crippen molar-refractivity contribution in [2.45, 2.75) is 44.5 Å². The van der Waals surface area contributed by atoms with Gasteiger partial charge in [-0.2, -0.15) is 0 Å². The highest BCUT2D eigenvalue weighted by atomic mass is 19.2. The van der Waals surface area contributed by atoms with Crippen molar-refractivity contribution in [1.29, 1.82) is 0 Å². The van der Waals surface area contributed by atoms with Crippen LogP contribution in [0.15, 0.2) is 0 Å². The fraction of sp³-hybridized carbons (Fsp3) is 1.00. The van der Waals surface area contributed by atoms with Crippen molar-refractivity contribution < 1.29 is 23.3 Å². The molecule has 0 aliphatic rings. The molecule has 1 nitrogen and oxygen atoms in total. The minimum Gasteiger partial charge on any atom is -0.355 e. The van der Waals surface area contributed by atoms with Gasteiger partial charge in [0.2, 0.25) is 0 Å². The minimum atomic E-state index is -1.73. The maximum Gasteiger partial charge on any atom is 0.179 e. The molecule has 0 bridgehead atoms. The predicted octanol–water partition coefficient (Wildman–Crippen LogP) is 1.38. The molecule has 5 heteroatoms. The van der Waals surface area contributed by atoms with Crippen molar-refractivity contribution in [2.75, 3.05) is 6.54 Å². The van der Waals surface area contributed by atoms with E-state index in [4.69, 9.17) is 0 Å². The molecule has 0 heterocycles. The lowest BCUT2D eigenvalue weighted by Gasteiger charge is -2.12. The summed E-state index contributed by atoms with van der Waals surface area (Å²) in [5.74, 6) is 0. The van der Waals surface area contributed by atoms with E-state index in [9.17, 15) is 17.6 Å². The van der Waals surface area contributed by atoms with Gasteiger partial charge in [-0.1, -0.05) is 0 Å². The van der Waals surface area contributed by atoms with Gasteiger partial charge in [0.1, 0.15) is 25.1 Å². The van der Waals surface area contributed by atoms with Crippen LogP contribution in [0, 0.1) is 0 Å². The van der Waals surface area contributed by atoms with Crippen molar-refractivity contribution in [2.24, 2.45) is 0 Å². The molecule has 4 unspecified atom stereocenters. The Kier molecular flexibility index (Phi) is 6.03. The molecule has 0 aromatic carbocycles. The molecule has 0 saturated carbocycles. The highest BCUT2D eigenvalue weighted by Gasteiger charge is 2.23. The summed E-state index contributed by atoms with van der Waals surface area (Å²) < 4.78 is 50.0. The van der Waals surface area contributed by atoms with Crippen LogP contribution in [0.4, 0.5) is 17.6 Å². The first-order valence-electron chi connectivity index (χ1n) is 4.34. The zero-order chi connectivity index (χ0) is 10.4. The van der Waals surface area contributed by atoms with Crippen LogP contribution < -0.4 is 5.73 Å². The van der Waals surface area contributed by atoms with Gasteiger partial charge in [0.05, 0.1) is 0 Å². The molecule has 0 radical (unpaired) electrons. The topological polar surface area (TPSA) is 27.6 Å². The number of alkyl halides is 4. The average molecular weight is 202 g/mol. The molecule has 0 amide bonds. The normalized spacial score (nSPS) is 20.8. The average Bonchev–Trinajstić information content (AvgIpc) is 2.11. The Hall–Kier alpha value is -0.320. The van der Waals surface area contributed by atoms with E-state index in [1.54, 1.807) is 0 Å². The standard InChI is InChI=1S/C8H15F4N/c1-5(9)6(10)2-3-7(11)8(12)4-13/h5-8H,2-4,13H2,1H3/p+1. The van der Waals surface area contributed by atoms with Crippen molar-refractivity contribution in [1.82, 2.24) is 0 Å². The minimum absolute atomic E-state index is 0.177. The Morgan fingerprint density at radius 3 is 1.77 bits per heavy atom. The van der Waals surface area contributed by atoms with Crippen LogP contribution in [0.2, 0.25) is 0 Å². The van der Waals surface area contributed by atoms with Crippen LogP contribution in [0.5, 0.6) is 0 Å². The fourth-order valence-corrected chi connectivity index (χ4v) is 0.910. The van der Waals surface area contributed by atoms with Gasteiger partial charge in [-0.05, 0) is 19.8 Å². The van der Waals surface area contributed by atoms with Gasteiger partial charge in [0.15, 0.2) is 6.17 Å². The van der Waals surface area contributed by atoms with Crippen LogP contribution in [0.1, 0.15) is 19.8 Å². The zero-order valence-electron chi connectivity index (χ0n) is 7.65. The van der Waals surface area contributed by atoms with E-state index < -0.39 is 24.7 Å². The Balaban J connectivity index is 3.63. The summed E-state index contributed by atoms with van der Waals surface area (Å²) in [5.41, 5.74) is 3.19. The molecule has 0 aromatic rings.